The molecule has 164 valence electrons. The molecule has 0 saturated heterocycles. The third-order valence-electron chi connectivity index (χ3n) is 6.14. The summed E-state index contributed by atoms with van der Waals surface area (Å²) >= 11 is 5.81. The lowest BCUT2D eigenvalue weighted by atomic mass is 9.94. The number of aromatic amines is 1. The first-order chi connectivity index (χ1) is 14.5. The minimum absolute atomic E-state index is 0.00781. The zero-order valence-corrected chi connectivity index (χ0v) is 19.5. The van der Waals surface area contributed by atoms with E-state index in [1.807, 2.05) is 6.07 Å². The van der Waals surface area contributed by atoms with Crippen molar-refractivity contribution < 1.29 is 4.90 Å². The maximum absolute atomic E-state index is 12.8. The highest BCUT2D eigenvalue weighted by atomic mass is 32.1. The minimum atomic E-state index is -0.00781. The van der Waals surface area contributed by atoms with Crippen molar-refractivity contribution >= 4 is 28.2 Å². The summed E-state index contributed by atoms with van der Waals surface area (Å²) in [5, 5.41) is 5.35. The standard InChI is InChI=1S/C24H36N4OS/c1-4-18-11-12-22-19(15-18)16-20(23(29)26-22)17-28(21-9-6-5-7-10-21)24(30)25-13-8-14-27(2)3/h11-12,15-16,21H,4-10,13-14,17H2,1-3H3,(H,25,30)(H,26,29)/p+1. The number of pyridine rings is 1. The number of aryl methyl sites for hydroxylation is 1. The third-order valence-corrected chi connectivity index (χ3v) is 6.52. The van der Waals surface area contributed by atoms with Gasteiger partial charge in [0.15, 0.2) is 5.11 Å². The quantitative estimate of drug-likeness (QED) is 0.446. The molecule has 0 unspecified atom stereocenters. The maximum atomic E-state index is 12.8. The largest absolute Gasteiger partial charge is 0.362 e. The molecule has 0 radical (unpaired) electrons. The molecule has 0 amide bonds. The van der Waals surface area contributed by atoms with Gasteiger partial charge in [0.2, 0.25) is 0 Å². The van der Waals surface area contributed by atoms with Crippen LogP contribution in [0.4, 0.5) is 0 Å². The molecule has 6 heteroatoms. The maximum Gasteiger partial charge on any atom is 0.253 e. The van der Waals surface area contributed by atoms with E-state index in [2.05, 4.69) is 54.4 Å². The van der Waals surface area contributed by atoms with Crippen LogP contribution in [0.3, 0.4) is 0 Å². The van der Waals surface area contributed by atoms with E-state index in [0.29, 0.717) is 12.6 Å². The van der Waals surface area contributed by atoms with Gasteiger partial charge in [-0.15, -0.1) is 0 Å². The molecular formula is C24H37N4OS+. The zero-order valence-electron chi connectivity index (χ0n) is 18.7. The van der Waals surface area contributed by atoms with Crippen LogP contribution in [-0.4, -0.2) is 48.2 Å². The van der Waals surface area contributed by atoms with Crippen molar-refractivity contribution in [1.82, 2.24) is 15.2 Å². The molecule has 0 aliphatic heterocycles. The molecule has 0 atom stereocenters. The molecule has 3 N–H and O–H groups in total. The van der Waals surface area contributed by atoms with E-state index in [0.717, 1.165) is 60.4 Å². The summed E-state index contributed by atoms with van der Waals surface area (Å²) in [6.45, 7) is 4.71. The number of nitrogens with zero attached hydrogens (tertiary/aromatic N) is 1. The molecule has 0 bridgehead atoms. The second-order valence-corrected chi connectivity index (χ2v) is 9.25. The predicted molar refractivity (Wildman–Crippen MR) is 129 cm³/mol. The van der Waals surface area contributed by atoms with Crippen molar-refractivity contribution in [3.8, 4) is 0 Å². The van der Waals surface area contributed by atoms with Gasteiger partial charge in [-0.2, -0.15) is 0 Å². The lowest BCUT2D eigenvalue weighted by Gasteiger charge is -2.36. The second-order valence-electron chi connectivity index (χ2n) is 8.86. The van der Waals surface area contributed by atoms with Gasteiger partial charge in [0, 0.05) is 30.1 Å². The molecule has 1 aromatic heterocycles. The average molecular weight is 430 g/mol. The molecule has 5 nitrogen and oxygen atoms in total. The predicted octanol–water partition coefficient (Wildman–Crippen LogP) is 2.63. The van der Waals surface area contributed by atoms with Gasteiger partial charge in [-0.1, -0.05) is 32.3 Å². The van der Waals surface area contributed by atoms with Crippen LogP contribution in [0, 0.1) is 0 Å². The highest BCUT2D eigenvalue weighted by Gasteiger charge is 2.24. The summed E-state index contributed by atoms with van der Waals surface area (Å²) in [5.41, 5.74) is 2.97. The smallest absolute Gasteiger partial charge is 0.253 e. The van der Waals surface area contributed by atoms with Gasteiger partial charge in [0.25, 0.3) is 5.56 Å². The Hall–Kier alpha value is -1.92. The number of benzene rings is 1. The summed E-state index contributed by atoms with van der Waals surface area (Å²) < 4.78 is 0. The van der Waals surface area contributed by atoms with Crippen molar-refractivity contribution in [1.29, 1.82) is 0 Å². The van der Waals surface area contributed by atoms with Crippen molar-refractivity contribution in [3.63, 3.8) is 0 Å². The number of hydrogen-bond acceptors (Lipinski definition) is 2. The van der Waals surface area contributed by atoms with Gasteiger partial charge < -0.3 is 20.1 Å². The number of thiocarbonyl (C=S) groups is 1. The third kappa shape index (κ3) is 6.05. The molecule has 1 saturated carbocycles. The SMILES string of the molecule is CCc1ccc2[nH]c(=O)c(CN(C(=S)NCCC[NH+](C)C)C3CCCCC3)cc2c1. The zero-order chi connectivity index (χ0) is 21.5. The molecule has 2 aromatic rings. The fourth-order valence-electron chi connectivity index (χ4n) is 4.32. The van der Waals surface area contributed by atoms with Crippen LogP contribution in [0.1, 0.15) is 56.6 Å². The number of fused-ring (bicyclic) bond motifs is 1. The van der Waals surface area contributed by atoms with E-state index >= 15 is 0 Å². The lowest BCUT2D eigenvalue weighted by molar-refractivity contribution is -0.858. The van der Waals surface area contributed by atoms with Crippen molar-refractivity contribution in [2.24, 2.45) is 0 Å². The molecule has 1 aliphatic carbocycles. The number of hydrogen-bond donors (Lipinski definition) is 3. The molecule has 1 heterocycles. The first-order valence-electron chi connectivity index (χ1n) is 11.5. The van der Waals surface area contributed by atoms with Crippen LogP contribution in [-0.2, 0) is 13.0 Å². The Kier molecular flexibility index (Phi) is 8.28. The van der Waals surface area contributed by atoms with Crippen molar-refractivity contribution in [2.45, 2.75) is 64.5 Å². The number of H-pyrrole nitrogens is 1. The van der Waals surface area contributed by atoms with Crippen LogP contribution < -0.4 is 15.8 Å². The topological polar surface area (TPSA) is 52.6 Å². The Bertz CT molecular complexity index is 902. The fraction of sp³-hybridized carbons (Fsp3) is 0.583. The molecule has 0 spiro atoms. The van der Waals surface area contributed by atoms with Crippen LogP contribution in [0.5, 0.6) is 0 Å². The summed E-state index contributed by atoms with van der Waals surface area (Å²) in [4.78, 5) is 19.6. The first-order valence-corrected chi connectivity index (χ1v) is 11.9. The molecular weight excluding hydrogens is 392 g/mol. The molecule has 1 fully saturated rings. The Balaban J connectivity index is 1.80. The Morgan fingerprint density at radius 1 is 1.23 bits per heavy atom. The fourth-order valence-corrected chi connectivity index (χ4v) is 4.64. The van der Waals surface area contributed by atoms with Gasteiger partial charge in [0.1, 0.15) is 0 Å². The van der Waals surface area contributed by atoms with Gasteiger partial charge in [-0.05, 0) is 60.6 Å². The van der Waals surface area contributed by atoms with Crippen LogP contribution in [0.25, 0.3) is 10.9 Å². The van der Waals surface area contributed by atoms with Crippen molar-refractivity contribution in [3.05, 3.63) is 45.7 Å². The highest BCUT2D eigenvalue weighted by Crippen LogP contribution is 2.24. The summed E-state index contributed by atoms with van der Waals surface area (Å²) in [6, 6.07) is 8.74. The van der Waals surface area contributed by atoms with Gasteiger partial charge in [-0.25, -0.2) is 0 Å². The number of quaternary nitrogens is 1. The molecule has 3 rings (SSSR count). The second kappa shape index (κ2) is 10.9. The van der Waals surface area contributed by atoms with E-state index in [9.17, 15) is 4.79 Å². The monoisotopic (exact) mass is 429 g/mol. The lowest BCUT2D eigenvalue weighted by Crippen LogP contribution is -3.05. The highest BCUT2D eigenvalue weighted by molar-refractivity contribution is 7.80. The first kappa shape index (κ1) is 22.8. The Labute approximate surface area is 185 Å². The van der Waals surface area contributed by atoms with Crippen LogP contribution >= 0.6 is 12.2 Å². The number of nitrogens with one attached hydrogen (secondary N) is 3. The minimum Gasteiger partial charge on any atom is -0.362 e. The van der Waals surface area contributed by atoms with Crippen LogP contribution in [0.15, 0.2) is 29.1 Å². The van der Waals surface area contributed by atoms with Crippen molar-refractivity contribution in [2.75, 3.05) is 27.2 Å². The normalized spacial score (nSPS) is 14.9. The van der Waals surface area contributed by atoms with Gasteiger partial charge >= 0.3 is 0 Å². The summed E-state index contributed by atoms with van der Waals surface area (Å²) in [6.07, 6.45) is 8.14. The van der Waals surface area contributed by atoms with E-state index in [4.69, 9.17) is 12.2 Å². The average Bonchev–Trinajstić information content (AvgIpc) is 2.75. The number of rotatable bonds is 8. The van der Waals surface area contributed by atoms with E-state index in [1.54, 1.807) is 0 Å². The molecule has 1 aliphatic rings. The van der Waals surface area contributed by atoms with Gasteiger partial charge in [0.05, 0.1) is 27.2 Å². The molecule has 1 aromatic carbocycles. The van der Waals surface area contributed by atoms with Gasteiger partial charge in [-0.3, -0.25) is 4.79 Å². The summed E-state index contributed by atoms with van der Waals surface area (Å²) in [7, 11) is 4.34. The molecule has 30 heavy (non-hydrogen) atoms. The summed E-state index contributed by atoms with van der Waals surface area (Å²) in [5.74, 6) is 0. The van der Waals surface area contributed by atoms with E-state index < -0.39 is 0 Å². The van der Waals surface area contributed by atoms with E-state index in [-0.39, 0.29) is 5.56 Å². The van der Waals surface area contributed by atoms with Crippen LogP contribution in [0.2, 0.25) is 0 Å². The Morgan fingerprint density at radius 2 is 2.00 bits per heavy atom. The van der Waals surface area contributed by atoms with E-state index in [1.165, 1.54) is 29.7 Å². The number of aromatic nitrogens is 1. The Morgan fingerprint density at radius 3 is 2.70 bits per heavy atom.